The molecule has 0 spiro atoms. The van der Waals surface area contributed by atoms with Crippen molar-refractivity contribution in [2.45, 2.75) is 13.8 Å². The first kappa shape index (κ1) is 12.6. The van der Waals surface area contributed by atoms with Crippen molar-refractivity contribution in [3.05, 3.63) is 35.7 Å². The molecule has 1 heterocycles. The topological polar surface area (TPSA) is 47.0 Å². The molecule has 1 aromatic rings. The molecule has 0 N–H and O–H groups in total. The standard InChI is InChI=1S/C12H13NO2S/c1-9(14)11-5-6-12(13-8-11)4-3-7-16-10(2)15/h3-6,8H,7H2,1-2H3. The van der Waals surface area contributed by atoms with E-state index in [1.165, 1.54) is 18.7 Å². The molecular weight excluding hydrogens is 222 g/mol. The minimum absolute atomic E-state index is 0.00941. The highest BCUT2D eigenvalue weighted by Gasteiger charge is 1.98. The van der Waals surface area contributed by atoms with Crippen molar-refractivity contribution in [3.8, 4) is 0 Å². The van der Waals surface area contributed by atoms with Crippen molar-refractivity contribution < 1.29 is 9.59 Å². The lowest BCUT2D eigenvalue weighted by Gasteiger charge is -1.95. The van der Waals surface area contributed by atoms with E-state index >= 15 is 0 Å². The predicted molar refractivity (Wildman–Crippen MR) is 66.4 cm³/mol. The normalized spacial score (nSPS) is 10.6. The van der Waals surface area contributed by atoms with E-state index in [0.717, 1.165) is 5.69 Å². The maximum Gasteiger partial charge on any atom is 0.186 e. The monoisotopic (exact) mass is 235 g/mol. The molecule has 16 heavy (non-hydrogen) atoms. The van der Waals surface area contributed by atoms with E-state index in [1.54, 1.807) is 25.3 Å². The quantitative estimate of drug-likeness (QED) is 0.752. The molecule has 0 amide bonds. The average molecular weight is 235 g/mol. The van der Waals surface area contributed by atoms with E-state index in [-0.39, 0.29) is 10.9 Å². The van der Waals surface area contributed by atoms with Gasteiger partial charge in [0.1, 0.15) is 0 Å². The Bertz CT molecular complexity index is 410. The second-order valence-corrected chi connectivity index (χ2v) is 4.43. The summed E-state index contributed by atoms with van der Waals surface area (Å²) in [4.78, 5) is 25.8. The first-order valence-electron chi connectivity index (χ1n) is 4.86. The van der Waals surface area contributed by atoms with Crippen molar-refractivity contribution in [2.75, 3.05) is 5.75 Å². The third-order valence-electron chi connectivity index (χ3n) is 1.86. The van der Waals surface area contributed by atoms with Crippen LogP contribution in [0.5, 0.6) is 0 Å². The first-order valence-corrected chi connectivity index (χ1v) is 5.85. The van der Waals surface area contributed by atoms with Crippen LogP contribution in [0.4, 0.5) is 0 Å². The van der Waals surface area contributed by atoms with Crippen molar-refractivity contribution in [3.63, 3.8) is 0 Å². The third-order valence-corrected chi connectivity index (χ3v) is 2.63. The van der Waals surface area contributed by atoms with Crippen LogP contribution in [0.1, 0.15) is 29.9 Å². The lowest BCUT2D eigenvalue weighted by molar-refractivity contribution is -0.109. The second-order valence-electron chi connectivity index (χ2n) is 3.23. The number of carbonyl (C=O) groups is 2. The zero-order valence-electron chi connectivity index (χ0n) is 9.27. The van der Waals surface area contributed by atoms with E-state index in [0.29, 0.717) is 11.3 Å². The number of pyridine rings is 1. The minimum Gasteiger partial charge on any atom is -0.294 e. The van der Waals surface area contributed by atoms with Gasteiger partial charge >= 0.3 is 0 Å². The fourth-order valence-corrected chi connectivity index (χ4v) is 1.47. The number of hydrogen-bond donors (Lipinski definition) is 0. The number of thioether (sulfide) groups is 1. The molecule has 84 valence electrons. The van der Waals surface area contributed by atoms with E-state index < -0.39 is 0 Å². The van der Waals surface area contributed by atoms with Gasteiger partial charge in [-0.15, -0.1) is 0 Å². The molecule has 0 saturated carbocycles. The number of hydrogen-bond acceptors (Lipinski definition) is 4. The van der Waals surface area contributed by atoms with Crippen molar-refractivity contribution in [1.29, 1.82) is 0 Å². The summed E-state index contributed by atoms with van der Waals surface area (Å²) in [5.74, 6) is 0.654. The van der Waals surface area contributed by atoms with Crippen LogP contribution in [0, 0.1) is 0 Å². The Labute approximate surface area is 99.0 Å². The Morgan fingerprint density at radius 3 is 2.62 bits per heavy atom. The average Bonchev–Trinajstić information content (AvgIpc) is 2.25. The van der Waals surface area contributed by atoms with Crippen LogP contribution in [-0.2, 0) is 4.79 Å². The summed E-state index contributed by atoms with van der Waals surface area (Å²) < 4.78 is 0. The van der Waals surface area contributed by atoms with Gasteiger partial charge in [0.2, 0.25) is 0 Å². The summed E-state index contributed by atoms with van der Waals surface area (Å²) >= 11 is 1.25. The molecule has 0 aliphatic rings. The van der Waals surface area contributed by atoms with E-state index in [9.17, 15) is 9.59 Å². The number of rotatable bonds is 4. The molecule has 0 aliphatic heterocycles. The second kappa shape index (κ2) is 6.23. The molecule has 0 atom stereocenters. The van der Waals surface area contributed by atoms with E-state index in [1.807, 2.05) is 12.2 Å². The van der Waals surface area contributed by atoms with Gasteiger partial charge in [-0.25, -0.2) is 0 Å². The fraction of sp³-hybridized carbons (Fsp3) is 0.250. The molecule has 0 aromatic carbocycles. The highest BCUT2D eigenvalue weighted by Crippen LogP contribution is 2.05. The Kier molecular flexibility index (Phi) is 4.92. The first-order chi connectivity index (χ1) is 7.59. The van der Waals surface area contributed by atoms with Gasteiger partial charge in [-0.1, -0.05) is 17.8 Å². The Morgan fingerprint density at radius 1 is 1.38 bits per heavy atom. The third kappa shape index (κ3) is 4.40. The zero-order valence-corrected chi connectivity index (χ0v) is 10.1. The molecule has 0 bridgehead atoms. The summed E-state index contributed by atoms with van der Waals surface area (Å²) in [6.45, 7) is 3.05. The van der Waals surface area contributed by atoms with Crippen LogP contribution in [0.25, 0.3) is 6.08 Å². The van der Waals surface area contributed by atoms with Gasteiger partial charge in [-0.05, 0) is 25.1 Å². The minimum atomic E-state index is 0.00941. The summed E-state index contributed by atoms with van der Waals surface area (Å²) in [5, 5.41) is 0.101. The molecule has 1 aromatic heterocycles. The van der Waals surface area contributed by atoms with Crippen molar-refractivity contribution >= 4 is 28.7 Å². The van der Waals surface area contributed by atoms with Crippen LogP contribution < -0.4 is 0 Å². The van der Waals surface area contributed by atoms with E-state index in [4.69, 9.17) is 0 Å². The van der Waals surface area contributed by atoms with Crippen LogP contribution in [0.2, 0.25) is 0 Å². The summed E-state index contributed by atoms with van der Waals surface area (Å²) in [6.07, 6.45) is 5.27. The SMILES string of the molecule is CC(=O)SCC=Cc1ccc(C(C)=O)cn1. The fourth-order valence-electron chi connectivity index (χ4n) is 1.05. The lowest BCUT2D eigenvalue weighted by atomic mass is 10.2. The highest BCUT2D eigenvalue weighted by molar-refractivity contribution is 8.13. The van der Waals surface area contributed by atoms with Gasteiger partial charge in [-0.2, -0.15) is 0 Å². The molecule has 0 saturated heterocycles. The van der Waals surface area contributed by atoms with Gasteiger partial charge in [0.05, 0.1) is 5.69 Å². The van der Waals surface area contributed by atoms with Gasteiger partial charge in [0, 0.05) is 24.4 Å². The number of aromatic nitrogens is 1. The largest absolute Gasteiger partial charge is 0.294 e. The molecule has 3 nitrogen and oxygen atoms in total. The van der Waals surface area contributed by atoms with Crippen LogP contribution in [-0.4, -0.2) is 21.6 Å². The number of carbonyl (C=O) groups excluding carboxylic acids is 2. The van der Waals surface area contributed by atoms with Crippen LogP contribution in [0.15, 0.2) is 24.4 Å². The van der Waals surface area contributed by atoms with Gasteiger partial charge in [0.25, 0.3) is 0 Å². The molecule has 0 fully saturated rings. The van der Waals surface area contributed by atoms with Crippen LogP contribution >= 0.6 is 11.8 Å². The maximum atomic E-state index is 11.0. The maximum absolute atomic E-state index is 11.0. The highest BCUT2D eigenvalue weighted by atomic mass is 32.2. The number of ketones is 1. The number of nitrogens with zero attached hydrogens (tertiary/aromatic N) is 1. The molecule has 1 rings (SSSR count). The molecular formula is C12H13NO2S. The van der Waals surface area contributed by atoms with Crippen molar-refractivity contribution in [2.24, 2.45) is 0 Å². The Hall–Kier alpha value is -1.42. The molecule has 4 heteroatoms. The van der Waals surface area contributed by atoms with Gasteiger partial charge < -0.3 is 0 Å². The summed E-state index contributed by atoms with van der Waals surface area (Å²) in [7, 11) is 0. The molecule has 0 unspecified atom stereocenters. The smallest absolute Gasteiger partial charge is 0.186 e. The Balaban J connectivity index is 2.55. The number of Topliss-reactive ketones (excluding diaryl/α,β-unsaturated/α-hetero) is 1. The molecule has 0 aliphatic carbocycles. The summed E-state index contributed by atoms with van der Waals surface area (Å²) in [5.41, 5.74) is 1.39. The lowest BCUT2D eigenvalue weighted by Crippen LogP contribution is -1.93. The van der Waals surface area contributed by atoms with Gasteiger partial charge in [-0.3, -0.25) is 14.6 Å². The van der Waals surface area contributed by atoms with Gasteiger partial charge in [0.15, 0.2) is 10.9 Å². The zero-order chi connectivity index (χ0) is 12.0. The van der Waals surface area contributed by atoms with Crippen molar-refractivity contribution in [1.82, 2.24) is 4.98 Å². The Morgan fingerprint density at radius 2 is 2.12 bits per heavy atom. The molecule has 0 radical (unpaired) electrons. The van der Waals surface area contributed by atoms with E-state index in [2.05, 4.69) is 4.98 Å². The van der Waals surface area contributed by atoms with Crippen LogP contribution in [0.3, 0.4) is 0 Å². The summed E-state index contributed by atoms with van der Waals surface area (Å²) in [6, 6.07) is 3.53. The predicted octanol–water partition coefficient (Wildman–Crippen LogP) is 2.58.